The first-order valence-electron chi connectivity index (χ1n) is 6.01. The lowest BCUT2D eigenvalue weighted by Crippen LogP contribution is -2.28. The van der Waals surface area contributed by atoms with E-state index in [1.165, 1.54) is 19.3 Å². The first-order valence-corrected chi connectivity index (χ1v) is 6.01. The minimum absolute atomic E-state index is 0. The van der Waals surface area contributed by atoms with Gasteiger partial charge in [0.1, 0.15) is 11.3 Å². The van der Waals surface area contributed by atoms with Crippen molar-refractivity contribution in [3.05, 3.63) is 30.2 Å². The van der Waals surface area contributed by atoms with Crippen molar-refractivity contribution < 1.29 is 4.42 Å². The van der Waals surface area contributed by atoms with Crippen LogP contribution in [0.1, 0.15) is 31.1 Å². The molecule has 2 aliphatic rings. The molecule has 0 radical (unpaired) electrons. The maximum absolute atomic E-state index is 5.88. The van der Waals surface area contributed by atoms with E-state index in [0.717, 1.165) is 28.8 Å². The number of pyridine rings is 1. The number of nitrogens with one attached hydrogen (secondary N) is 1. The predicted octanol–water partition coefficient (Wildman–Crippen LogP) is 3.48. The molecule has 1 aliphatic heterocycles. The highest BCUT2D eigenvalue weighted by atomic mass is 35.5. The van der Waals surface area contributed by atoms with Crippen LogP contribution in [-0.2, 0) is 0 Å². The molecule has 0 amide bonds. The molecule has 3 heterocycles. The van der Waals surface area contributed by atoms with Crippen molar-refractivity contribution in [2.45, 2.75) is 31.3 Å². The molecular weight excluding hydrogens is 271 g/mol. The molecule has 1 saturated carbocycles. The number of hydrogen-bond donors (Lipinski definition) is 1. The molecule has 5 heteroatoms. The van der Waals surface area contributed by atoms with Crippen molar-refractivity contribution in [2.75, 3.05) is 0 Å². The van der Waals surface area contributed by atoms with Crippen molar-refractivity contribution in [3.63, 3.8) is 0 Å². The van der Waals surface area contributed by atoms with E-state index in [9.17, 15) is 0 Å². The molecule has 18 heavy (non-hydrogen) atoms. The number of piperidine rings is 1. The summed E-state index contributed by atoms with van der Waals surface area (Å²) in [5, 5.41) is 3.65. The van der Waals surface area contributed by atoms with Crippen molar-refractivity contribution in [2.24, 2.45) is 5.92 Å². The molecule has 1 saturated heterocycles. The molecule has 3 atom stereocenters. The molecule has 2 aromatic heterocycles. The van der Waals surface area contributed by atoms with Gasteiger partial charge in [0.15, 0.2) is 5.58 Å². The van der Waals surface area contributed by atoms with Gasteiger partial charge in [-0.1, -0.05) is 0 Å². The maximum atomic E-state index is 5.88. The third-order valence-electron chi connectivity index (χ3n) is 3.97. The molecule has 98 valence electrons. The van der Waals surface area contributed by atoms with Gasteiger partial charge in [-0.3, -0.25) is 4.98 Å². The number of fused-ring (bicyclic) bond motifs is 3. The quantitative estimate of drug-likeness (QED) is 0.872. The van der Waals surface area contributed by atoms with Crippen molar-refractivity contribution in [3.8, 4) is 0 Å². The van der Waals surface area contributed by atoms with Crippen molar-refractivity contribution in [1.82, 2.24) is 10.3 Å². The van der Waals surface area contributed by atoms with E-state index in [2.05, 4.69) is 16.4 Å². The Morgan fingerprint density at radius 3 is 2.83 bits per heavy atom. The Balaban J connectivity index is 0.000000602. The van der Waals surface area contributed by atoms with E-state index in [0.29, 0.717) is 6.04 Å². The second-order valence-electron chi connectivity index (χ2n) is 4.95. The van der Waals surface area contributed by atoms with Crippen LogP contribution in [0.2, 0.25) is 0 Å². The van der Waals surface area contributed by atoms with Gasteiger partial charge in [-0.15, -0.1) is 24.8 Å². The predicted molar refractivity (Wildman–Crippen MR) is 75.5 cm³/mol. The number of halogens is 2. The Kier molecular flexibility index (Phi) is 3.85. The molecule has 1 unspecified atom stereocenters. The van der Waals surface area contributed by atoms with Gasteiger partial charge < -0.3 is 9.73 Å². The third-order valence-corrected chi connectivity index (χ3v) is 3.97. The fourth-order valence-corrected chi connectivity index (χ4v) is 3.22. The van der Waals surface area contributed by atoms with Gasteiger partial charge in [-0.05, 0) is 37.3 Å². The summed E-state index contributed by atoms with van der Waals surface area (Å²) < 4.78 is 5.88. The first-order chi connectivity index (χ1) is 7.90. The number of rotatable bonds is 1. The van der Waals surface area contributed by atoms with Crippen LogP contribution in [0.3, 0.4) is 0 Å². The highest BCUT2D eigenvalue weighted by molar-refractivity contribution is 5.85. The van der Waals surface area contributed by atoms with Gasteiger partial charge in [0.2, 0.25) is 0 Å². The fourth-order valence-electron chi connectivity index (χ4n) is 3.22. The van der Waals surface area contributed by atoms with Crippen LogP contribution in [0.25, 0.3) is 11.1 Å². The van der Waals surface area contributed by atoms with Crippen molar-refractivity contribution in [1.29, 1.82) is 0 Å². The minimum Gasteiger partial charge on any atom is -0.458 e. The summed E-state index contributed by atoms with van der Waals surface area (Å²) in [5.41, 5.74) is 1.88. The van der Waals surface area contributed by atoms with E-state index in [4.69, 9.17) is 4.42 Å². The van der Waals surface area contributed by atoms with Gasteiger partial charge >= 0.3 is 0 Å². The van der Waals surface area contributed by atoms with Gasteiger partial charge in [-0.2, -0.15) is 0 Å². The van der Waals surface area contributed by atoms with Crippen LogP contribution in [0.15, 0.2) is 28.8 Å². The molecule has 0 spiro atoms. The normalized spacial score (nSPS) is 29.0. The largest absolute Gasteiger partial charge is 0.458 e. The van der Waals surface area contributed by atoms with E-state index < -0.39 is 0 Å². The number of furan rings is 1. The Bertz CT molecular complexity index is 510. The Labute approximate surface area is 118 Å². The fraction of sp³-hybridized carbons (Fsp3) is 0.462. The van der Waals surface area contributed by atoms with Gasteiger partial charge in [0.05, 0.1) is 6.04 Å². The van der Waals surface area contributed by atoms with Crippen LogP contribution in [0, 0.1) is 5.92 Å². The molecule has 2 fully saturated rings. The Hall–Kier alpha value is -0.770. The lowest BCUT2D eigenvalue weighted by molar-refractivity contribution is 0.340. The summed E-state index contributed by atoms with van der Waals surface area (Å²) in [7, 11) is 0. The van der Waals surface area contributed by atoms with E-state index >= 15 is 0 Å². The van der Waals surface area contributed by atoms with E-state index in [1.54, 1.807) is 0 Å². The zero-order valence-electron chi connectivity index (χ0n) is 9.83. The standard InChI is InChI=1S/C13H14N2O.2ClH/c1-2-11-10(14-5-1)7-12(16-11)13-8-3-4-9(6-8)15-13;;/h1-2,5,7-9,13,15H,3-4,6H2;2*1H/t8-,9+,13?;;/m0../s1. The zero-order chi connectivity index (χ0) is 10.5. The average molecular weight is 287 g/mol. The van der Waals surface area contributed by atoms with E-state index in [-0.39, 0.29) is 24.8 Å². The molecule has 4 rings (SSSR count). The molecule has 1 aliphatic carbocycles. The number of hydrogen-bond acceptors (Lipinski definition) is 3. The zero-order valence-corrected chi connectivity index (χ0v) is 11.5. The molecular formula is C13H16Cl2N2O. The van der Waals surface area contributed by atoms with Crippen LogP contribution in [0.5, 0.6) is 0 Å². The van der Waals surface area contributed by atoms with Crippen LogP contribution in [0.4, 0.5) is 0 Å². The second-order valence-corrected chi connectivity index (χ2v) is 4.95. The van der Waals surface area contributed by atoms with Crippen molar-refractivity contribution >= 4 is 35.9 Å². The van der Waals surface area contributed by atoms with Gasteiger partial charge in [0, 0.05) is 18.3 Å². The molecule has 3 nitrogen and oxygen atoms in total. The maximum Gasteiger partial charge on any atom is 0.152 e. The Morgan fingerprint density at radius 2 is 2.17 bits per heavy atom. The third kappa shape index (κ3) is 2.00. The molecule has 2 bridgehead atoms. The first kappa shape index (κ1) is 13.7. The SMILES string of the molecule is Cl.Cl.c1cnc2cc(C3N[C@@H]4CC[C@H]3C4)oc2c1. The summed E-state index contributed by atoms with van der Waals surface area (Å²) in [4.78, 5) is 4.31. The topological polar surface area (TPSA) is 38.1 Å². The highest BCUT2D eigenvalue weighted by Crippen LogP contribution is 2.43. The summed E-state index contributed by atoms with van der Waals surface area (Å²) >= 11 is 0. The molecule has 0 aromatic carbocycles. The van der Waals surface area contributed by atoms with Crippen LogP contribution in [-0.4, -0.2) is 11.0 Å². The summed E-state index contributed by atoms with van der Waals surface area (Å²) in [6.07, 6.45) is 5.80. The minimum atomic E-state index is 0. The number of aromatic nitrogens is 1. The average Bonchev–Trinajstić information content (AvgIpc) is 3.02. The lowest BCUT2D eigenvalue weighted by atomic mass is 9.98. The van der Waals surface area contributed by atoms with Gasteiger partial charge in [0.25, 0.3) is 0 Å². The Morgan fingerprint density at radius 1 is 1.28 bits per heavy atom. The van der Waals surface area contributed by atoms with E-state index in [1.807, 2.05) is 18.3 Å². The smallest absolute Gasteiger partial charge is 0.152 e. The molecule has 1 N–H and O–H groups in total. The van der Waals surface area contributed by atoms with Gasteiger partial charge in [-0.25, -0.2) is 0 Å². The highest BCUT2D eigenvalue weighted by Gasteiger charge is 2.41. The van der Waals surface area contributed by atoms with Crippen LogP contribution >= 0.6 is 24.8 Å². The lowest BCUT2D eigenvalue weighted by Gasteiger charge is -2.20. The second kappa shape index (κ2) is 5.08. The summed E-state index contributed by atoms with van der Waals surface area (Å²) in [6.45, 7) is 0. The summed E-state index contributed by atoms with van der Waals surface area (Å²) in [5.74, 6) is 1.84. The monoisotopic (exact) mass is 286 g/mol. The van der Waals surface area contributed by atoms with Crippen LogP contribution < -0.4 is 5.32 Å². The summed E-state index contributed by atoms with van der Waals surface area (Å²) in [6, 6.07) is 7.14. The number of nitrogens with zero attached hydrogens (tertiary/aromatic N) is 1. The molecule has 2 aromatic rings.